The number of hydrogen-bond acceptors (Lipinski definition) is 5. The maximum Gasteiger partial charge on any atom is 0.614 e. The predicted octanol–water partition coefficient (Wildman–Crippen LogP) is 0.296. The lowest BCUT2D eigenvalue weighted by molar-refractivity contribution is 0.0837. The van der Waals surface area contributed by atoms with Gasteiger partial charge < -0.3 is 13.3 Å². The molecule has 0 saturated carbocycles. The van der Waals surface area contributed by atoms with Crippen LogP contribution in [0.5, 0.6) is 0 Å². The molecule has 1 amide bonds. The van der Waals surface area contributed by atoms with Crippen LogP contribution in [0.1, 0.15) is 10.4 Å². The average molecular weight is 256 g/mol. The summed E-state index contributed by atoms with van der Waals surface area (Å²) in [5.41, 5.74) is 3.02. The first-order valence-corrected chi connectivity index (χ1v) is 6.68. The van der Waals surface area contributed by atoms with Crippen molar-refractivity contribution in [3.05, 3.63) is 35.9 Å². The van der Waals surface area contributed by atoms with Crippen molar-refractivity contribution < 1.29 is 18.1 Å². The van der Waals surface area contributed by atoms with Crippen molar-refractivity contribution in [2.75, 3.05) is 21.3 Å². The summed E-state index contributed by atoms with van der Waals surface area (Å²) >= 11 is 0. The zero-order chi connectivity index (χ0) is 12.7. The van der Waals surface area contributed by atoms with Crippen molar-refractivity contribution >= 4 is 14.9 Å². The summed E-state index contributed by atoms with van der Waals surface area (Å²) < 4.78 is 15.3. The van der Waals surface area contributed by atoms with Crippen molar-refractivity contribution in [2.24, 2.45) is 0 Å². The minimum atomic E-state index is -3.00. The second-order valence-electron chi connectivity index (χ2n) is 3.11. The van der Waals surface area contributed by atoms with Gasteiger partial charge in [-0.2, -0.15) is 5.09 Å². The molecule has 94 valence electrons. The highest BCUT2D eigenvalue weighted by atomic mass is 28.4. The lowest BCUT2D eigenvalue weighted by Crippen LogP contribution is -2.63. The summed E-state index contributed by atoms with van der Waals surface area (Å²) in [5.74, 6) is -0.284. The highest BCUT2D eigenvalue weighted by Gasteiger charge is 2.39. The smallest absolute Gasteiger partial charge is 0.364 e. The molecule has 0 fully saturated rings. The summed E-state index contributed by atoms with van der Waals surface area (Å²) in [6.45, 7) is 0. The third kappa shape index (κ3) is 3.61. The molecule has 0 atom stereocenters. The van der Waals surface area contributed by atoms with Crippen LogP contribution in [0.4, 0.5) is 0 Å². The van der Waals surface area contributed by atoms with E-state index >= 15 is 0 Å². The van der Waals surface area contributed by atoms with Gasteiger partial charge in [-0.05, 0) is 12.1 Å². The van der Waals surface area contributed by atoms with Crippen molar-refractivity contribution in [1.82, 2.24) is 10.5 Å². The van der Waals surface area contributed by atoms with E-state index in [0.717, 1.165) is 0 Å². The third-order valence-electron chi connectivity index (χ3n) is 2.17. The molecule has 2 N–H and O–H groups in total. The number of hydrazine groups is 1. The summed E-state index contributed by atoms with van der Waals surface area (Å²) in [7, 11) is 1.34. The molecular formula is C10H16N2O4Si. The van der Waals surface area contributed by atoms with Crippen LogP contribution in [0.25, 0.3) is 0 Å². The van der Waals surface area contributed by atoms with Crippen molar-refractivity contribution in [3.8, 4) is 0 Å². The Morgan fingerprint density at radius 1 is 1.06 bits per heavy atom. The number of carbonyl (C=O) groups is 1. The fourth-order valence-corrected chi connectivity index (χ4v) is 2.27. The molecule has 0 aliphatic carbocycles. The van der Waals surface area contributed by atoms with Crippen LogP contribution in [0, 0.1) is 0 Å². The monoisotopic (exact) mass is 256 g/mol. The Balaban J connectivity index is 2.59. The van der Waals surface area contributed by atoms with E-state index in [0.29, 0.717) is 5.56 Å². The van der Waals surface area contributed by atoms with Gasteiger partial charge in [-0.25, -0.2) is 0 Å². The fourth-order valence-electron chi connectivity index (χ4n) is 1.20. The Kier molecular flexibility index (Phi) is 5.26. The minimum Gasteiger partial charge on any atom is -0.364 e. The van der Waals surface area contributed by atoms with E-state index in [1.807, 2.05) is 6.07 Å². The largest absolute Gasteiger partial charge is 0.614 e. The van der Waals surface area contributed by atoms with Gasteiger partial charge in [-0.15, -0.1) is 0 Å². The van der Waals surface area contributed by atoms with Crippen LogP contribution >= 0.6 is 0 Å². The van der Waals surface area contributed by atoms with Gasteiger partial charge in [-0.1, -0.05) is 18.2 Å². The molecule has 0 spiro atoms. The van der Waals surface area contributed by atoms with Gasteiger partial charge in [0.15, 0.2) is 0 Å². The van der Waals surface area contributed by atoms with Crippen LogP contribution in [-0.4, -0.2) is 36.2 Å². The fraction of sp³-hybridized carbons (Fsp3) is 0.300. The molecule has 7 heteroatoms. The average Bonchev–Trinajstić information content (AvgIpc) is 2.41. The molecule has 1 rings (SSSR count). The van der Waals surface area contributed by atoms with Crippen LogP contribution in [0.15, 0.2) is 30.3 Å². The summed E-state index contributed by atoms with van der Waals surface area (Å²) in [6.07, 6.45) is 0. The first kappa shape index (κ1) is 13.8. The Labute approximate surface area is 101 Å². The zero-order valence-corrected chi connectivity index (χ0v) is 11.0. The molecule has 0 aliphatic heterocycles. The molecule has 17 heavy (non-hydrogen) atoms. The standard InChI is InChI=1S/C10H16N2O4Si/c1-14-17(15-2,16-3)12-11-10(13)9-7-5-4-6-8-9/h4-8,12H,1-3H3,(H,11,13). The number of hydrogen-bond donors (Lipinski definition) is 2. The molecule has 6 nitrogen and oxygen atoms in total. The van der Waals surface area contributed by atoms with Gasteiger partial charge in [0.1, 0.15) is 0 Å². The topological polar surface area (TPSA) is 68.8 Å². The van der Waals surface area contributed by atoms with E-state index in [2.05, 4.69) is 10.5 Å². The highest BCUT2D eigenvalue weighted by molar-refractivity contribution is 6.57. The number of benzene rings is 1. The van der Waals surface area contributed by atoms with Crippen molar-refractivity contribution in [1.29, 1.82) is 0 Å². The van der Waals surface area contributed by atoms with Crippen LogP contribution in [0.2, 0.25) is 0 Å². The van der Waals surface area contributed by atoms with E-state index in [4.69, 9.17) is 13.3 Å². The molecule has 0 aromatic heterocycles. The van der Waals surface area contributed by atoms with E-state index in [9.17, 15) is 4.79 Å². The van der Waals surface area contributed by atoms with Gasteiger partial charge in [0.2, 0.25) is 0 Å². The molecule has 0 radical (unpaired) electrons. The third-order valence-corrected chi connectivity index (χ3v) is 4.21. The lowest BCUT2D eigenvalue weighted by atomic mass is 10.2. The maximum atomic E-state index is 11.7. The Hall–Kier alpha value is -1.25. The number of nitrogens with one attached hydrogen (secondary N) is 2. The molecule has 0 bridgehead atoms. The molecule has 1 aromatic carbocycles. The molecule has 0 unspecified atom stereocenters. The van der Waals surface area contributed by atoms with Crippen LogP contribution in [0.3, 0.4) is 0 Å². The van der Waals surface area contributed by atoms with E-state index in [1.165, 1.54) is 21.3 Å². The first-order chi connectivity index (χ1) is 8.17. The van der Waals surface area contributed by atoms with E-state index in [-0.39, 0.29) is 5.91 Å². The Bertz CT molecular complexity index is 348. The van der Waals surface area contributed by atoms with Crippen molar-refractivity contribution in [3.63, 3.8) is 0 Å². The number of amides is 1. The van der Waals surface area contributed by atoms with Gasteiger partial charge in [0.05, 0.1) is 0 Å². The second-order valence-corrected chi connectivity index (χ2v) is 5.70. The second kappa shape index (κ2) is 6.47. The molecular weight excluding hydrogens is 240 g/mol. The predicted molar refractivity (Wildman–Crippen MR) is 63.8 cm³/mol. The van der Waals surface area contributed by atoms with Gasteiger partial charge in [0.25, 0.3) is 5.91 Å². The number of rotatable bonds is 6. The summed E-state index contributed by atoms with van der Waals surface area (Å²) in [4.78, 5) is 11.7. The number of carbonyl (C=O) groups excluding carboxylic acids is 1. The van der Waals surface area contributed by atoms with Crippen LogP contribution in [-0.2, 0) is 13.3 Å². The minimum absolute atomic E-state index is 0.284. The van der Waals surface area contributed by atoms with Gasteiger partial charge in [-0.3, -0.25) is 10.2 Å². The molecule has 0 aliphatic rings. The molecule has 0 heterocycles. The normalized spacial score (nSPS) is 11.2. The van der Waals surface area contributed by atoms with E-state index < -0.39 is 8.97 Å². The lowest BCUT2D eigenvalue weighted by Gasteiger charge is -2.24. The van der Waals surface area contributed by atoms with Crippen molar-refractivity contribution in [2.45, 2.75) is 0 Å². The van der Waals surface area contributed by atoms with Gasteiger partial charge in [0, 0.05) is 26.9 Å². The Morgan fingerprint density at radius 3 is 2.06 bits per heavy atom. The first-order valence-electron chi connectivity index (χ1n) is 4.95. The Morgan fingerprint density at radius 2 is 1.59 bits per heavy atom. The summed E-state index contributed by atoms with van der Waals surface area (Å²) in [5, 5.41) is 2.65. The SMILES string of the molecule is CO[Si](NNC(=O)c1ccccc1)(OC)OC. The summed E-state index contributed by atoms with van der Waals surface area (Å²) in [6, 6.07) is 8.80. The molecule has 1 aromatic rings. The van der Waals surface area contributed by atoms with E-state index in [1.54, 1.807) is 24.3 Å². The molecule has 0 saturated heterocycles. The van der Waals surface area contributed by atoms with Crippen LogP contribution < -0.4 is 10.5 Å². The van der Waals surface area contributed by atoms with Gasteiger partial charge >= 0.3 is 8.97 Å². The maximum absolute atomic E-state index is 11.7. The zero-order valence-electron chi connectivity index (χ0n) is 10.0. The quantitative estimate of drug-likeness (QED) is 0.566. The highest BCUT2D eigenvalue weighted by Crippen LogP contribution is 2.01.